The van der Waals surface area contributed by atoms with Gasteiger partial charge in [0.2, 0.25) is 5.91 Å². The summed E-state index contributed by atoms with van der Waals surface area (Å²) in [5.74, 6) is 0.148. The molecule has 0 spiro atoms. The van der Waals surface area contributed by atoms with E-state index in [0.717, 1.165) is 12.8 Å². The molecule has 0 heterocycles. The molecule has 2 atom stereocenters. The number of methoxy groups -OCH3 is 1. The maximum atomic E-state index is 11.9. The van der Waals surface area contributed by atoms with Crippen LogP contribution >= 0.6 is 0 Å². The highest BCUT2D eigenvalue weighted by molar-refractivity contribution is 5.86. The number of nitrogens with two attached hydrogens (primary N) is 1. The van der Waals surface area contributed by atoms with Crippen LogP contribution in [0, 0.1) is 5.92 Å². The van der Waals surface area contributed by atoms with Gasteiger partial charge in [0, 0.05) is 13.7 Å². The number of hydrogen-bond donors (Lipinski definition) is 3. The van der Waals surface area contributed by atoms with Crippen LogP contribution in [-0.4, -0.2) is 42.9 Å². The minimum atomic E-state index is -0.790. The Morgan fingerprint density at radius 3 is 2.75 bits per heavy atom. The number of rotatable bonds is 7. The van der Waals surface area contributed by atoms with Crippen LogP contribution in [0.3, 0.4) is 0 Å². The molecule has 0 aromatic heterocycles. The van der Waals surface area contributed by atoms with Gasteiger partial charge in [-0.15, -0.1) is 0 Å². The molecule has 0 aromatic rings. The van der Waals surface area contributed by atoms with Crippen molar-refractivity contribution in [2.75, 3.05) is 20.3 Å². The van der Waals surface area contributed by atoms with Crippen LogP contribution in [0.1, 0.15) is 26.2 Å². The molecular weight excluding hydrogens is 208 g/mol. The first-order chi connectivity index (χ1) is 7.52. The van der Waals surface area contributed by atoms with E-state index in [2.05, 4.69) is 5.32 Å². The van der Waals surface area contributed by atoms with Crippen molar-refractivity contribution in [2.45, 2.75) is 37.8 Å². The second kappa shape index (κ2) is 5.61. The molecule has 1 fully saturated rings. The largest absolute Gasteiger partial charge is 0.396 e. The average Bonchev–Trinajstić information content (AvgIpc) is 3.01. The summed E-state index contributed by atoms with van der Waals surface area (Å²) in [7, 11) is 1.57. The number of hydrogen-bond acceptors (Lipinski definition) is 4. The van der Waals surface area contributed by atoms with Crippen molar-refractivity contribution in [3.63, 3.8) is 0 Å². The molecule has 5 heteroatoms. The predicted molar refractivity (Wildman–Crippen MR) is 60.8 cm³/mol. The van der Waals surface area contributed by atoms with Crippen molar-refractivity contribution in [3.8, 4) is 0 Å². The first-order valence-corrected chi connectivity index (χ1v) is 5.72. The molecule has 1 rings (SSSR count). The van der Waals surface area contributed by atoms with Gasteiger partial charge in [-0.05, 0) is 32.1 Å². The van der Waals surface area contributed by atoms with Crippen LogP contribution in [-0.2, 0) is 9.53 Å². The third-order valence-corrected chi connectivity index (χ3v) is 3.10. The van der Waals surface area contributed by atoms with Crippen molar-refractivity contribution in [1.29, 1.82) is 0 Å². The van der Waals surface area contributed by atoms with E-state index in [0.29, 0.717) is 18.9 Å². The average molecular weight is 230 g/mol. The molecule has 1 saturated carbocycles. The van der Waals surface area contributed by atoms with E-state index >= 15 is 0 Å². The summed E-state index contributed by atoms with van der Waals surface area (Å²) in [4.78, 5) is 11.9. The second-order valence-electron chi connectivity index (χ2n) is 4.69. The zero-order chi connectivity index (χ0) is 12.2. The summed E-state index contributed by atoms with van der Waals surface area (Å²) < 4.78 is 4.98. The highest BCUT2D eigenvalue weighted by Crippen LogP contribution is 2.38. The second-order valence-corrected chi connectivity index (χ2v) is 4.69. The van der Waals surface area contributed by atoms with E-state index in [1.54, 1.807) is 14.0 Å². The number of aliphatic hydroxyl groups excluding tert-OH is 1. The maximum Gasteiger partial charge on any atom is 0.240 e. The smallest absolute Gasteiger partial charge is 0.240 e. The van der Waals surface area contributed by atoms with Crippen LogP contribution in [0.2, 0.25) is 0 Å². The van der Waals surface area contributed by atoms with Gasteiger partial charge in [0.25, 0.3) is 0 Å². The summed E-state index contributed by atoms with van der Waals surface area (Å²) in [5, 5.41) is 11.7. The minimum Gasteiger partial charge on any atom is -0.396 e. The summed E-state index contributed by atoms with van der Waals surface area (Å²) in [6.45, 7) is 2.19. The van der Waals surface area contributed by atoms with E-state index in [-0.39, 0.29) is 18.6 Å². The van der Waals surface area contributed by atoms with Crippen LogP contribution < -0.4 is 11.1 Å². The van der Waals surface area contributed by atoms with Gasteiger partial charge >= 0.3 is 0 Å². The molecular formula is C11H22N2O3. The number of carbonyl (C=O) groups is 1. The molecule has 1 amide bonds. The maximum absolute atomic E-state index is 11.9. The van der Waals surface area contributed by atoms with E-state index in [1.165, 1.54) is 0 Å². The Morgan fingerprint density at radius 2 is 2.31 bits per heavy atom. The van der Waals surface area contributed by atoms with Crippen molar-refractivity contribution in [2.24, 2.45) is 11.7 Å². The number of carbonyl (C=O) groups excluding carboxylic acids is 1. The molecule has 0 bridgehead atoms. The van der Waals surface area contributed by atoms with Gasteiger partial charge in [0.1, 0.15) is 0 Å². The van der Waals surface area contributed by atoms with Crippen LogP contribution in [0.15, 0.2) is 0 Å². The van der Waals surface area contributed by atoms with Crippen molar-refractivity contribution in [1.82, 2.24) is 5.32 Å². The first-order valence-electron chi connectivity index (χ1n) is 5.72. The highest BCUT2D eigenvalue weighted by Gasteiger charge is 2.44. The molecule has 0 radical (unpaired) electrons. The lowest BCUT2D eigenvalue weighted by Crippen LogP contribution is -2.56. The van der Waals surface area contributed by atoms with E-state index < -0.39 is 5.54 Å². The minimum absolute atomic E-state index is 0.0268. The quantitative estimate of drug-likeness (QED) is 0.557. The Kier molecular flexibility index (Phi) is 4.70. The van der Waals surface area contributed by atoms with Gasteiger partial charge in [0.15, 0.2) is 0 Å². The molecule has 1 aliphatic rings. The van der Waals surface area contributed by atoms with Crippen LogP contribution in [0.4, 0.5) is 0 Å². The Labute approximate surface area is 96.3 Å². The fraction of sp³-hybridized carbons (Fsp3) is 0.909. The lowest BCUT2D eigenvalue weighted by Gasteiger charge is -2.26. The Balaban J connectivity index is 2.46. The van der Waals surface area contributed by atoms with Gasteiger partial charge in [-0.1, -0.05) is 0 Å². The molecule has 1 aliphatic carbocycles. The van der Waals surface area contributed by atoms with Gasteiger partial charge in [-0.25, -0.2) is 0 Å². The zero-order valence-corrected chi connectivity index (χ0v) is 10.0. The van der Waals surface area contributed by atoms with Crippen LogP contribution in [0.5, 0.6) is 0 Å². The summed E-state index contributed by atoms with van der Waals surface area (Å²) >= 11 is 0. The number of ether oxygens (including phenoxy) is 1. The molecule has 0 saturated heterocycles. The van der Waals surface area contributed by atoms with Crippen molar-refractivity contribution >= 4 is 5.91 Å². The normalized spacial score (nSPS) is 21.2. The predicted octanol–water partition coefficient (Wildman–Crippen LogP) is -0.373. The molecule has 0 aliphatic heterocycles. The highest BCUT2D eigenvalue weighted by atomic mass is 16.5. The topological polar surface area (TPSA) is 84.6 Å². The zero-order valence-electron chi connectivity index (χ0n) is 10.0. The number of nitrogens with one attached hydrogen (secondary N) is 1. The third-order valence-electron chi connectivity index (χ3n) is 3.10. The molecule has 5 nitrogen and oxygen atoms in total. The van der Waals surface area contributed by atoms with Gasteiger partial charge in [0.05, 0.1) is 18.2 Å². The molecule has 4 N–H and O–H groups in total. The Hall–Kier alpha value is -0.650. The summed E-state index contributed by atoms with van der Waals surface area (Å²) in [6.07, 6.45) is 2.53. The fourth-order valence-corrected chi connectivity index (χ4v) is 1.76. The van der Waals surface area contributed by atoms with Crippen LogP contribution in [0.25, 0.3) is 0 Å². The first kappa shape index (κ1) is 13.4. The molecule has 16 heavy (non-hydrogen) atoms. The summed E-state index contributed by atoms with van der Waals surface area (Å²) in [5.41, 5.74) is 5.20. The van der Waals surface area contributed by atoms with Gasteiger partial charge < -0.3 is 20.9 Å². The van der Waals surface area contributed by atoms with E-state index in [9.17, 15) is 4.79 Å². The SMILES string of the molecule is COCC(CCO)NC(=O)C(C)(N)C1CC1. The lowest BCUT2D eigenvalue weighted by molar-refractivity contribution is -0.127. The lowest BCUT2D eigenvalue weighted by atomic mass is 9.95. The Morgan fingerprint density at radius 1 is 1.69 bits per heavy atom. The number of aliphatic hydroxyl groups is 1. The standard InChI is InChI=1S/C11H22N2O3/c1-11(12,8-3-4-8)10(15)13-9(5-6-14)7-16-2/h8-9,14H,3-7,12H2,1-2H3,(H,13,15). The molecule has 0 aromatic carbocycles. The number of amides is 1. The molecule has 2 unspecified atom stereocenters. The monoisotopic (exact) mass is 230 g/mol. The van der Waals surface area contributed by atoms with E-state index in [4.69, 9.17) is 15.6 Å². The third kappa shape index (κ3) is 3.43. The Bertz CT molecular complexity index is 233. The van der Waals surface area contributed by atoms with E-state index in [1.807, 2.05) is 0 Å². The fourth-order valence-electron chi connectivity index (χ4n) is 1.76. The van der Waals surface area contributed by atoms with Gasteiger partial charge in [-0.3, -0.25) is 4.79 Å². The van der Waals surface area contributed by atoms with Gasteiger partial charge in [-0.2, -0.15) is 0 Å². The van der Waals surface area contributed by atoms with Crippen molar-refractivity contribution in [3.05, 3.63) is 0 Å². The molecule has 94 valence electrons. The van der Waals surface area contributed by atoms with Crippen molar-refractivity contribution < 1.29 is 14.6 Å². The summed E-state index contributed by atoms with van der Waals surface area (Å²) in [6, 6.07) is -0.163.